The van der Waals surface area contributed by atoms with E-state index in [1.807, 2.05) is 0 Å². The lowest BCUT2D eigenvalue weighted by Gasteiger charge is -2.14. The van der Waals surface area contributed by atoms with E-state index in [-0.39, 0.29) is 22.8 Å². The number of ether oxygens (including phenoxy) is 1. The van der Waals surface area contributed by atoms with Crippen LogP contribution in [0.5, 0.6) is 5.75 Å². The molecular weight excluding hydrogens is 406 g/mol. The number of nitriles is 1. The molecule has 0 fully saturated rings. The number of hydrogen-bond acceptors (Lipinski definition) is 6. The lowest BCUT2D eigenvalue weighted by atomic mass is 10.1. The molecule has 1 aromatic heterocycles. The minimum Gasteiger partial charge on any atom is -0.505 e. The molecule has 3 aromatic carbocycles. The molecule has 0 aliphatic carbocycles. The van der Waals surface area contributed by atoms with Crippen molar-refractivity contribution in [3.05, 3.63) is 99.6 Å². The number of carbonyl (C=O) groups is 1. The van der Waals surface area contributed by atoms with Gasteiger partial charge in [0.15, 0.2) is 5.75 Å². The summed E-state index contributed by atoms with van der Waals surface area (Å²) >= 11 is 0. The fraction of sp³-hybridized carbons (Fsp3) is 0.0400. The summed E-state index contributed by atoms with van der Waals surface area (Å²) in [5.74, 6) is -0.845. The van der Waals surface area contributed by atoms with Crippen molar-refractivity contribution in [1.29, 1.82) is 5.26 Å². The molecule has 0 aliphatic rings. The van der Waals surface area contributed by atoms with Crippen LogP contribution in [0.2, 0.25) is 0 Å². The quantitative estimate of drug-likeness (QED) is 0.499. The number of nitrogens with zero attached hydrogens (tertiary/aromatic N) is 3. The molecule has 0 amide bonds. The summed E-state index contributed by atoms with van der Waals surface area (Å²) in [4.78, 5) is 30.0. The van der Waals surface area contributed by atoms with Crippen LogP contribution in [0.25, 0.3) is 28.7 Å². The van der Waals surface area contributed by atoms with Crippen molar-refractivity contribution < 1.29 is 14.6 Å². The number of aromatic hydroxyl groups is 1. The Morgan fingerprint density at radius 1 is 1.06 bits per heavy atom. The monoisotopic (exact) mass is 423 g/mol. The van der Waals surface area contributed by atoms with Gasteiger partial charge in [-0.25, -0.2) is 9.78 Å². The van der Waals surface area contributed by atoms with Crippen LogP contribution in [-0.2, 0) is 4.74 Å². The highest BCUT2D eigenvalue weighted by Gasteiger charge is 2.19. The predicted molar refractivity (Wildman–Crippen MR) is 120 cm³/mol. The minimum atomic E-state index is -0.721. The number of fused-ring (bicyclic) bond motifs is 1. The van der Waals surface area contributed by atoms with E-state index >= 15 is 0 Å². The lowest BCUT2D eigenvalue weighted by molar-refractivity contribution is 0.0597. The first-order chi connectivity index (χ1) is 15.5. The second kappa shape index (κ2) is 8.58. The third-order valence-corrected chi connectivity index (χ3v) is 4.93. The first-order valence-electron chi connectivity index (χ1n) is 9.64. The standard InChI is InChI=1S/C25H17N3O4/c1-32-25(31)19-6-4-8-21(23(19)29)28-22(14-13-16-9-11-17(15-26)12-10-16)27-20-7-3-2-5-18(20)24(28)30/h2-14,29H,1H3/b14-13+. The Bertz CT molecular complexity index is 1460. The fourth-order valence-electron chi connectivity index (χ4n) is 3.32. The fourth-order valence-corrected chi connectivity index (χ4v) is 3.32. The van der Waals surface area contributed by atoms with E-state index in [0.717, 1.165) is 5.56 Å². The maximum atomic E-state index is 13.4. The Balaban J connectivity index is 1.95. The molecule has 0 unspecified atom stereocenters. The van der Waals surface area contributed by atoms with Gasteiger partial charge in [-0.2, -0.15) is 5.26 Å². The van der Waals surface area contributed by atoms with Crippen molar-refractivity contribution in [3.8, 4) is 17.5 Å². The third kappa shape index (κ3) is 3.73. The molecule has 0 saturated heterocycles. The molecule has 1 N–H and O–H groups in total. The van der Waals surface area contributed by atoms with Crippen molar-refractivity contribution in [2.45, 2.75) is 0 Å². The van der Waals surface area contributed by atoms with Crippen LogP contribution in [0.3, 0.4) is 0 Å². The molecule has 156 valence electrons. The molecule has 0 radical (unpaired) electrons. The third-order valence-electron chi connectivity index (χ3n) is 4.93. The summed E-state index contributed by atoms with van der Waals surface area (Å²) in [5.41, 5.74) is 1.48. The van der Waals surface area contributed by atoms with Gasteiger partial charge < -0.3 is 9.84 Å². The zero-order chi connectivity index (χ0) is 22.7. The number of methoxy groups -OCH3 is 1. The summed E-state index contributed by atoms with van der Waals surface area (Å²) in [5, 5.41) is 20.1. The van der Waals surface area contributed by atoms with Crippen LogP contribution in [0.15, 0.2) is 71.5 Å². The van der Waals surface area contributed by atoms with Crippen molar-refractivity contribution in [1.82, 2.24) is 9.55 Å². The van der Waals surface area contributed by atoms with Gasteiger partial charge in [-0.1, -0.05) is 36.4 Å². The van der Waals surface area contributed by atoms with Gasteiger partial charge in [0.25, 0.3) is 5.56 Å². The van der Waals surface area contributed by atoms with Gasteiger partial charge >= 0.3 is 5.97 Å². The van der Waals surface area contributed by atoms with E-state index < -0.39 is 11.5 Å². The van der Waals surface area contributed by atoms with Crippen LogP contribution >= 0.6 is 0 Å². The van der Waals surface area contributed by atoms with E-state index in [1.54, 1.807) is 66.7 Å². The average molecular weight is 423 g/mol. The number of carbonyl (C=O) groups excluding carboxylic acids is 1. The van der Waals surface area contributed by atoms with Crippen molar-refractivity contribution in [2.75, 3.05) is 7.11 Å². The van der Waals surface area contributed by atoms with Gasteiger partial charge in [0.2, 0.25) is 0 Å². The maximum Gasteiger partial charge on any atom is 0.341 e. The van der Waals surface area contributed by atoms with E-state index in [4.69, 9.17) is 10.00 Å². The van der Waals surface area contributed by atoms with E-state index in [2.05, 4.69) is 11.1 Å². The van der Waals surface area contributed by atoms with E-state index in [1.165, 1.54) is 23.8 Å². The highest BCUT2D eigenvalue weighted by molar-refractivity contribution is 5.94. The second-order valence-electron chi connectivity index (χ2n) is 6.86. The normalized spacial score (nSPS) is 10.9. The zero-order valence-corrected chi connectivity index (χ0v) is 17.0. The number of hydrogen-bond donors (Lipinski definition) is 1. The Morgan fingerprint density at radius 2 is 1.81 bits per heavy atom. The molecule has 0 saturated carbocycles. The molecule has 4 aromatic rings. The largest absolute Gasteiger partial charge is 0.505 e. The number of rotatable bonds is 4. The van der Waals surface area contributed by atoms with Crippen LogP contribution < -0.4 is 5.56 Å². The lowest BCUT2D eigenvalue weighted by Crippen LogP contribution is -2.23. The number of esters is 1. The number of benzene rings is 3. The van der Waals surface area contributed by atoms with Crippen LogP contribution in [0.1, 0.15) is 27.3 Å². The van der Waals surface area contributed by atoms with E-state index in [9.17, 15) is 14.7 Å². The Labute approximate surface area is 183 Å². The SMILES string of the molecule is COC(=O)c1cccc(-n2c(/C=C/c3ccc(C#N)cc3)nc3ccccc3c2=O)c1O. The van der Waals surface area contributed by atoms with Crippen LogP contribution in [0, 0.1) is 11.3 Å². The molecule has 7 heteroatoms. The van der Waals surface area contributed by atoms with E-state index in [0.29, 0.717) is 16.5 Å². The predicted octanol–water partition coefficient (Wildman–Crippen LogP) is 3.92. The summed E-state index contributed by atoms with van der Waals surface area (Å²) in [6, 6.07) is 20.4. The molecule has 1 heterocycles. The molecule has 0 bridgehead atoms. The molecule has 32 heavy (non-hydrogen) atoms. The van der Waals surface area contributed by atoms with Crippen LogP contribution in [-0.4, -0.2) is 27.7 Å². The minimum absolute atomic E-state index is 0.0629. The number of phenols is 1. The smallest absolute Gasteiger partial charge is 0.341 e. The molecular formula is C25H17N3O4. The highest BCUT2D eigenvalue weighted by atomic mass is 16.5. The van der Waals surface area contributed by atoms with Gasteiger partial charge in [0.05, 0.1) is 35.3 Å². The summed E-state index contributed by atoms with van der Waals surface area (Å²) in [6.07, 6.45) is 3.38. The molecule has 7 nitrogen and oxygen atoms in total. The Morgan fingerprint density at radius 3 is 2.53 bits per heavy atom. The summed E-state index contributed by atoms with van der Waals surface area (Å²) in [6.45, 7) is 0. The van der Waals surface area contributed by atoms with Gasteiger partial charge in [-0.05, 0) is 48.0 Å². The molecule has 0 atom stereocenters. The summed E-state index contributed by atoms with van der Waals surface area (Å²) < 4.78 is 5.98. The topological polar surface area (TPSA) is 105 Å². The molecule has 4 rings (SSSR count). The van der Waals surface area contributed by atoms with Crippen molar-refractivity contribution in [3.63, 3.8) is 0 Å². The van der Waals surface area contributed by atoms with Crippen molar-refractivity contribution in [2.24, 2.45) is 0 Å². The average Bonchev–Trinajstić information content (AvgIpc) is 2.83. The van der Waals surface area contributed by atoms with Crippen LogP contribution in [0.4, 0.5) is 0 Å². The van der Waals surface area contributed by atoms with Gasteiger partial charge in [0.1, 0.15) is 11.4 Å². The van der Waals surface area contributed by atoms with Gasteiger partial charge in [0, 0.05) is 0 Å². The highest BCUT2D eigenvalue weighted by Crippen LogP contribution is 2.27. The first-order valence-corrected chi connectivity index (χ1v) is 9.64. The number of phenolic OH excluding ortho intramolecular Hbond substituents is 1. The Kier molecular flexibility index (Phi) is 5.51. The number of aromatic nitrogens is 2. The molecule has 0 aliphatic heterocycles. The zero-order valence-electron chi connectivity index (χ0n) is 17.0. The second-order valence-corrected chi connectivity index (χ2v) is 6.86. The van der Waals surface area contributed by atoms with Crippen molar-refractivity contribution >= 4 is 29.0 Å². The first kappa shape index (κ1) is 20.6. The summed E-state index contributed by atoms with van der Waals surface area (Å²) in [7, 11) is 1.21. The number of para-hydroxylation sites is 2. The molecule has 0 spiro atoms. The maximum absolute atomic E-state index is 13.4. The van der Waals surface area contributed by atoms with Gasteiger partial charge in [-0.15, -0.1) is 0 Å². The Hall–Kier alpha value is -4.70. The van der Waals surface area contributed by atoms with Gasteiger partial charge in [-0.3, -0.25) is 9.36 Å².